The van der Waals surface area contributed by atoms with E-state index in [4.69, 9.17) is 19.9 Å². The average molecular weight is 1160 g/mol. The molecule has 16 aromatic rings. The SMILES string of the molecule is N#Cc1cc(-n2c3ccc(-c4cncc(-c5ccccc5)c4)cc3c3cc(-c4ccnc(-c5ccccc5)c4)ccc32)c(-c2cc(F)cc(F)c2)cc1-n1c2ccc(-c3ccnc(-c4ccccc4)c3)cc2c2cc(-c3ccnc(-c4ccccc4)c3)ccc21. The first-order valence-electron chi connectivity index (χ1n) is 29.6. The Morgan fingerprint density at radius 2 is 0.644 bits per heavy atom. The molecule has 0 amide bonds. The molecule has 6 heterocycles. The van der Waals surface area contributed by atoms with E-state index < -0.39 is 11.6 Å². The standard InChI is InChI=1S/C81H49F2N7/c82-66-36-62(37-67(83)46-66)68-47-80(89-76-25-21-55(59-29-32-86-73(42-59)52-15-7-2-8-16-52)38-69(76)70-39-56(22-26-77(70)89)60-30-33-87-74(43-60)53-17-9-3-10-18-53)63(48-84)45-81(68)90-78-27-23-57(61-31-34-88-75(44-61)54-19-11-4-12-20-54)40-71(78)72-41-58(24-28-79(72)90)65-35-64(49-85-50-65)51-13-5-1-6-14-51/h1-47,49-50H. The van der Waals surface area contributed by atoms with Crippen LogP contribution in [-0.4, -0.2) is 29.1 Å². The zero-order valence-corrected chi connectivity index (χ0v) is 48.2. The molecule has 9 heteroatoms. The van der Waals surface area contributed by atoms with Crippen molar-refractivity contribution < 1.29 is 8.78 Å². The van der Waals surface area contributed by atoms with Gasteiger partial charge in [-0.15, -0.1) is 0 Å². The molecule has 0 bridgehead atoms. The topological polar surface area (TPSA) is 85.2 Å². The summed E-state index contributed by atoms with van der Waals surface area (Å²) >= 11 is 0. The number of halogens is 2. The summed E-state index contributed by atoms with van der Waals surface area (Å²) in [5.74, 6) is -1.46. The molecule has 10 aromatic carbocycles. The Balaban J connectivity index is 0.930. The van der Waals surface area contributed by atoms with Crippen LogP contribution in [0.1, 0.15) is 5.56 Å². The monoisotopic (exact) mass is 1160 g/mol. The maximum absolute atomic E-state index is 16.0. The molecule has 0 fully saturated rings. The number of nitriles is 1. The fourth-order valence-electron chi connectivity index (χ4n) is 12.8. The number of fused-ring (bicyclic) bond motifs is 6. The molecule has 422 valence electrons. The van der Waals surface area contributed by atoms with Crippen molar-refractivity contribution in [2.24, 2.45) is 0 Å². The second kappa shape index (κ2) is 22.2. The summed E-state index contributed by atoms with van der Waals surface area (Å²) in [6, 6.07) is 90.7. The highest BCUT2D eigenvalue weighted by atomic mass is 19.1. The van der Waals surface area contributed by atoms with Gasteiger partial charge in [-0.1, -0.05) is 146 Å². The van der Waals surface area contributed by atoms with Crippen molar-refractivity contribution in [3.63, 3.8) is 0 Å². The van der Waals surface area contributed by atoms with Gasteiger partial charge in [-0.25, -0.2) is 8.78 Å². The maximum atomic E-state index is 16.0. The van der Waals surface area contributed by atoms with E-state index in [1.54, 1.807) is 0 Å². The molecule has 0 radical (unpaired) electrons. The van der Waals surface area contributed by atoms with E-state index in [0.29, 0.717) is 28.1 Å². The van der Waals surface area contributed by atoms with Gasteiger partial charge in [0.1, 0.15) is 17.7 Å². The van der Waals surface area contributed by atoms with Gasteiger partial charge >= 0.3 is 0 Å². The van der Waals surface area contributed by atoms with E-state index in [1.807, 2.05) is 134 Å². The molecule has 0 aliphatic rings. The minimum absolute atomic E-state index is 0.301. The van der Waals surface area contributed by atoms with E-state index in [2.05, 4.69) is 161 Å². The number of pyridine rings is 4. The second-order valence-electron chi connectivity index (χ2n) is 22.5. The van der Waals surface area contributed by atoms with Crippen molar-refractivity contribution >= 4 is 43.6 Å². The largest absolute Gasteiger partial charge is 0.309 e. The van der Waals surface area contributed by atoms with Gasteiger partial charge < -0.3 is 9.13 Å². The van der Waals surface area contributed by atoms with Crippen LogP contribution in [0.5, 0.6) is 0 Å². The lowest BCUT2D eigenvalue weighted by atomic mass is 9.98. The zero-order chi connectivity index (χ0) is 60.2. The maximum Gasteiger partial charge on any atom is 0.126 e. The van der Waals surface area contributed by atoms with Gasteiger partial charge in [0.25, 0.3) is 0 Å². The van der Waals surface area contributed by atoms with Gasteiger partial charge in [-0.05, 0) is 165 Å². The lowest BCUT2D eigenvalue weighted by molar-refractivity contribution is 0.584. The molecule has 0 spiro atoms. The van der Waals surface area contributed by atoms with Gasteiger partial charge in [-0.2, -0.15) is 5.26 Å². The third-order valence-electron chi connectivity index (χ3n) is 17.1. The van der Waals surface area contributed by atoms with E-state index in [9.17, 15) is 5.26 Å². The van der Waals surface area contributed by atoms with Crippen molar-refractivity contribution in [3.05, 3.63) is 315 Å². The lowest BCUT2D eigenvalue weighted by Crippen LogP contribution is -2.04. The number of hydrogen-bond acceptors (Lipinski definition) is 5. The summed E-state index contributed by atoms with van der Waals surface area (Å²) in [7, 11) is 0. The van der Waals surface area contributed by atoms with Crippen molar-refractivity contribution in [1.29, 1.82) is 5.26 Å². The molecular formula is C81H49F2N7. The van der Waals surface area contributed by atoms with Gasteiger partial charge in [-0.3, -0.25) is 19.9 Å². The number of benzene rings is 10. The van der Waals surface area contributed by atoms with Crippen LogP contribution in [0, 0.1) is 23.0 Å². The molecule has 0 atom stereocenters. The Bertz CT molecular complexity index is 5220. The zero-order valence-electron chi connectivity index (χ0n) is 48.2. The normalized spacial score (nSPS) is 11.4. The molecule has 16 rings (SSSR count). The molecule has 0 N–H and O–H groups in total. The van der Waals surface area contributed by atoms with Crippen molar-refractivity contribution in [2.75, 3.05) is 0 Å². The summed E-state index contributed by atoms with van der Waals surface area (Å²) in [6.45, 7) is 0. The van der Waals surface area contributed by atoms with Crippen molar-refractivity contribution in [3.8, 4) is 118 Å². The lowest BCUT2D eigenvalue weighted by Gasteiger charge is -2.19. The van der Waals surface area contributed by atoms with Gasteiger partial charge in [0, 0.05) is 92.0 Å². The predicted molar refractivity (Wildman–Crippen MR) is 360 cm³/mol. The molecule has 0 unspecified atom stereocenters. The minimum Gasteiger partial charge on any atom is -0.309 e. The molecular weight excluding hydrogens is 1110 g/mol. The highest BCUT2D eigenvalue weighted by Crippen LogP contribution is 2.45. The smallest absolute Gasteiger partial charge is 0.126 e. The van der Waals surface area contributed by atoms with Crippen LogP contribution in [0.15, 0.2) is 298 Å². The van der Waals surface area contributed by atoms with E-state index >= 15 is 8.78 Å². The highest BCUT2D eigenvalue weighted by molar-refractivity contribution is 6.14. The van der Waals surface area contributed by atoms with E-state index in [0.717, 1.165) is 139 Å². The van der Waals surface area contributed by atoms with Crippen LogP contribution in [0.3, 0.4) is 0 Å². The Kier molecular flexibility index (Phi) is 13.2. The van der Waals surface area contributed by atoms with Crippen molar-refractivity contribution in [1.82, 2.24) is 29.1 Å². The Morgan fingerprint density at radius 1 is 0.289 bits per heavy atom. The minimum atomic E-state index is -0.730. The van der Waals surface area contributed by atoms with Crippen LogP contribution in [-0.2, 0) is 0 Å². The molecule has 90 heavy (non-hydrogen) atoms. The van der Waals surface area contributed by atoms with Gasteiger partial charge in [0.2, 0.25) is 0 Å². The van der Waals surface area contributed by atoms with Gasteiger partial charge in [0.15, 0.2) is 0 Å². The van der Waals surface area contributed by atoms with Crippen molar-refractivity contribution in [2.45, 2.75) is 0 Å². The summed E-state index contributed by atoms with van der Waals surface area (Å²) in [4.78, 5) is 19.0. The van der Waals surface area contributed by atoms with Crippen LogP contribution >= 0.6 is 0 Å². The average Bonchev–Trinajstić information content (AvgIpc) is 1.72. The first-order chi connectivity index (χ1) is 44.3. The van der Waals surface area contributed by atoms with Crippen LogP contribution in [0.2, 0.25) is 0 Å². The number of aromatic nitrogens is 6. The number of nitrogens with zero attached hydrogens (tertiary/aromatic N) is 7. The quantitative estimate of drug-likeness (QED) is 0.129. The Hall–Kier alpha value is -12.3. The predicted octanol–water partition coefficient (Wildman–Crippen LogP) is 20.6. The summed E-state index contributed by atoms with van der Waals surface area (Å²) in [5.41, 5.74) is 21.0. The van der Waals surface area contributed by atoms with Gasteiger partial charge in [0.05, 0.1) is 56.1 Å². The highest BCUT2D eigenvalue weighted by Gasteiger charge is 2.24. The third kappa shape index (κ3) is 9.62. The summed E-state index contributed by atoms with van der Waals surface area (Å²) < 4.78 is 36.2. The van der Waals surface area contributed by atoms with Crippen LogP contribution in [0.25, 0.3) is 156 Å². The molecule has 0 saturated carbocycles. The molecule has 0 saturated heterocycles. The van der Waals surface area contributed by atoms with Crippen LogP contribution in [0.4, 0.5) is 8.78 Å². The summed E-state index contributed by atoms with van der Waals surface area (Å²) in [5, 5.41) is 15.4. The fraction of sp³-hybridized carbons (Fsp3) is 0. The third-order valence-corrected chi connectivity index (χ3v) is 17.1. The Morgan fingerprint density at radius 3 is 1.04 bits per heavy atom. The number of hydrogen-bond donors (Lipinski definition) is 0. The first kappa shape index (κ1) is 53.2. The molecule has 7 nitrogen and oxygen atoms in total. The molecule has 6 aromatic heterocycles. The van der Waals surface area contributed by atoms with E-state index in [-0.39, 0.29) is 0 Å². The van der Waals surface area contributed by atoms with Crippen LogP contribution < -0.4 is 0 Å². The summed E-state index contributed by atoms with van der Waals surface area (Å²) in [6.07, 6.45) is 9.28. The fourth-order valence-corrected chi connectivity index (χ4v) is 12.8. The second-order valence-corrected chi connectivity index (χ2v) is 22.5. The first-order valence-corrected chi connectivity index (χ1v) is 29.6. The Labute approximate surface area is 517 Å². The number of rotatable bonds is 11. The van der Waals surface area contributed by atoms with E-state index in [1.165, 1.54) is 12.1 Å². The molecule has 0 aliphatic heterocycles. The molecule has 0 aliphatic carbocycles.